The summed E-state index contributed by atoms with van der Waals surface area (Å²) >= 11 is 3.43. The Hall–Kier alpha value is -2.21. The monoisotopic (exact) mass is 317 g/mol. The molecule has 3 aromatic rings. The van der Waals surface area contributed by atoms with Crippen LogP contribution in [0.5, 0.6) is 0 Å². The van der Waals surface area contributed by atoms with Crippen LogP contribution in [0.4, 0.5) is 0 Å². The minimum Gasteiger partial charge on any atom is -0.478 e. The Morgan fingerprint density at radius 2 is 1.95 bits per heavy atom. The van der Waals surface area contributed by atoms with Crippen LogP contribution in [-0.2, 0) is 0 Å². The Morgan fingerprint density at radius 1 is 1.16 bits per heavy atom. The van der Waals surface area contributed by atoms with Gasteiger partial charge in [-0.05, 0) is 40.2 Å². The molecule has 0 amide bonds. The lowest BCUT2D eigenvalue weighted by Crippen LogP contribution is -2.03. The second kappa shape index (κ2) is 4.47. The third kappa shape index (κ3) is 1.90. The minimum absolute atomic E-state index is 0.179. The van der Waals surface area contributed by atoms with Gasteiger partial charge in [0.15, 0.2) is 0 Å². The van der Waals surface area contributed by atoms with Crippen LogP contribution in [0.25, 0.3) is 16.7 Å². The van der Waals surface area contributed by atoms with Crippen LogP contribution in [0.1, 0.15) is 10.4 Å². The molecule has 1 heterocycles. The zero-order valence-electron chi connectivity index (χ0n) is 9.62. The lowest BCUT2D eigenvalue weighted by molar-refractivity contribution is 0.0698. The molecule has 0 aliphatic heterocycles. The van der Waals surface area contributed by atoms with E-state index in [0.717, 1.165) is 10.2 Å². The summed E-state index contributed by atoms with van der Waals surface area (Å²) in [5, 5.41) is 17.3. The second-order valence-electron chi connectivity index (χ2n) is 3.93. The maximum Gasteiger partial charge on any atom is 0.337 e. The van der Waals surface area contributed by atoms with Gasteiger partial charge < -0.3 is 5.11 Å². The van der Waals surface area contributed by atoms with Crippen LogP contribution >= 0.6 is 15.9 Å². The Labute approximate surface area is 116 Å². The largest absolute Gasteiger partial charge is 0.478 e. The van der Waals surface area contributed by atoms with Crippen molar-refractivity contribution in [3.63, 3.8) is 0 Å². The van der Waals surface area contributed by atoms with E-state index in [0.29, 0.717) is 11.0 Å². The molecule has 0 fully saturated rings. The fraction of sp³-hybridized carbons (Fsp3) is 0. The number of rotatable bonds is 2. The molecule has 3 rings (SSSR count). The molecular formula is C13H8BrN3O2. The Bertz CT molecular complexity index is 782. The van der Waals surface area contributed by atoms with Crippen molar-refractivity contribution in [2.24, 2.45) is 0 Å². The van der Waals surface area contributed by atoms with Crippen molar-refractivity contribution in [1.82, 2.24) is 15.0 Å². The fourth-order valence-electron chi connectivity index (χ4n) is 1.94. The molecule has 0 saturated carbocycles. The van der Waals surface area contributed by atoms with E-state index >= 15 is 0 Å². The van der Waals surface area contributed by atoms with Gasteiger partial charge in [-0.1, -0.05) is 23.4 Å². The van der Waals surface area contributed by atoms with Crippen LogP contribution in [0.3, 0.4) is 0 Å². The molecule has 1 N–H and O–H groups in total. The number of hydrogen-bond acceptors (Lipinski definition) is 3. The number of carbonyl (C=O) groups is 1. The third-order valence-electron chi connectivity index (χ3n) is 2.78. The number of aromatic carboxylic acids is 1. The van der Waals surface area contributed by atoms with Crippen LogP contribution in [-0.4, -0.2) is 26.1 Å². The normalized spacial score (nSPS) is 10.8. The quantitative estimate of drug-likeness (QED) is 0.789. The van der Waals surface area contributed by atoms with Gasteiger partial charge in [0.05, 0.1) is 11.3 Å². The van der Waals surface area contributed by atoms with Crippen LogP contribution < -0.4 is 0 Å². The van der Waals surface area contributed by atoms with E-state index in [1.165, 1.54) is 4.68 Å². The summed E-state index contributed by atoms with van der Waals surface area (Å²) < 4.78 is 2.35. The summed E-state index contributed by atoms with van der Waals surface area (Å²) in [4.78, 5) is 11.3. The molecule has 1 aromatic heterocycles. The van der Waals surface area contributed by atoms with Crippen molar-refractivity contribution < 1.29 is 9.90 Å². The first kappa shape index (κ1) is 11.9. The number of nitrogens with zero attached hydrogens (tertiary/aromatic N) is 3. The number of fused-ring (bicyclic) bond motifs is 1. The van der Waals surface area contributed by atoms with E-state index in [1.54, 1.807) is 18.2 Å². The van der Waals surface area contributed by atoms with Crippen LogP contribution in [0.15, 0.2) is 46.9 Å². The van der Waals surface area contributed by atoms with Crippen molar-refractivity contribution in [2.75, 3.05) is 0 Å². The molecule has 6 heteroatoms. The highest BCUT2D eigenvalue weighted by Crippen LogP contribution is 2.25. The molecule has 0 saturated heterocycles. The first-order chi connectivity index (χ1) is 9.18. The van der Waals surface area contributed by atoms with Gasteiger partial charge in [0.25, 0.3) is 0 Å². The molecule has 0 atom stereocenters. The first-order valence-electron chi connectivity index (χ1n) is 5.51. The van der Waals surface area contributed by atoms with Crippen LogP contribution in [0, 0.1) is 0 Å². The molecule has 19 heavy (non-hydrogen) atoms. The van der Waals surface area contributed by atoms with Gasteiger partial charge >= 0.3 is 5.97 Å². The molecule has 0 aliphatic carbocycles. The Morgan fingerprint density at radius 3 is 2.68 bits per heavy atom. The van der Waals surface area contributed by atoms with Crippen molar-refractivity contribution in [2.45, 2.75) is 0 Å². The highest BCUT2D eigenvalue weighted by molar-refractivity contribution is 9.10. The maximum atomic E-state index is 11.3. The van der Waals surface area contributed by atoms with E-state index in [1.807, 2.05) is 24.3 Å². The molecule has 0 bridgehead atoms. The zero-order chi connectivity index (χ0) is 13.4. The number of halogens is 1. The zero-order valence-corrected chi connectivity index (χ0v) is 11.2. The summed E-state index contributed by atoms with van der Waals surface area (Å²) in [7, 11) is 0. The molecule has 0 radical (unpaired) electrons. The van der Waals surface area contributed by atoms with Gasteiger partial charge in [0.2, 0.25) is 0 Å². The van der Waals surface area contributed by atoms with E-state index in [2.05, 4.69) is 26.2 Å². The molecule has 2 aromatic carbocycles. The SMILES string of the molecule is O=C(O)c1cccc2nnn(-c3ccccc3Br)c12. The molecule has 0 unspecified atom stereocenters. The summed E-state index contributed by atoms with van der Waals surface area (Å²) in [5.41, 5.74) is 1.97. The Kier molecular flexibility index (Phi) is 2.79. The van der Waals surface area contributed by atoms with Crippen molar-refractivity contribution in [3.8, 4) is 5.69 Å². The summed E-state index contributed by atoms with van der Waals surface area (Å²) in [5.74, 6) is -0.999. The molecule has 94 valence electrons. The van der Waals surface area contributed by atoms with Crippen molar-refractivity contribution >= 4 is 32.9 Å². The highest BCUT2D eigenvalue weighted by Gasteiger charge is 2.16. The minimum atomic E-state index is -0.999. The number of carboxylic acid groups (broad SMARTS) is 1. The van der Waals surface area contributed by atoms with E-state index in [-0.39, 0.29) is 5.56 Å². The standard InChI is InChI=1S/C13H8BrN3O2/c14-9-5-1-2-7-11(9)17-12-8(13(18)19)4-3-6-10(12)15-16-17/h1-7H,(H,18,19). The van der Waals surface area contributed by atoms with Gasteiger partial charge in [0.1, 0.15) is 11.0 Å². The van der Waals surface area contributed by atoms with Crippen LogP contribution in [0.2, 0.25) is 0 Å². The molecule has 0 spiro atoms. The lowest BCUT2D eigenvalue weighted by atomic mass is 10.2. The maximum absolute atomic E-state index is 11.3. The van der Waals surface area contributed by atoms with Crippen molar-refractivity contribution in [3.05, 3.63) is 52.5 Å². The first-order valence-corrected chi connectivity index (χ1v) is 6.30. The Balaban J connectivity index is 2.37. The summed E-state index contributed by atoms with van der Waals surface area (Å²) in [6.07, 6.45) is 0. The van der Waals surface area contributed by atoms with Crippen molar-refractivity contribution in [1.29, 1.82) is 0 Å². The average molecular weight is 318 g/mol. The van der Waals surface area contributed by atoms with Gasteiger partial charge in [-0.2, -0.15) is 0 Å². The molecule has 0 aliphatic rings. The number of aromatic nitrogens is 3. The van der Waals surface area contributed by atoms with E-state index in [4.69, 9.17) is 0 Å². The third-order valence-corrected chi connectivity index (χ3v) is 3.45. The topological polar surface area (TPSA) is 68.0 Å². The molecular weight excluding hydrogens is 310 g/mol. The predicted octanol–water partition coefficient (Wildman–Crippen LogP) is 2.88. The highest BCUT2D eigenvalue weighted by atomic mass is 79.9. The number of hydrogen-bond donors (Lipinski definition) is 1. The van der Waals surface area contributed by atoms with E-state index < -0.39 is 5.97 Å². The number of carboxylic acids is 1. The van der Waals surface area contributed by atoms with E-state index in [9.17, 15) is 9.90 Å². The molecule has 5 nitrogen and oxygen atoms in total. The summed E-state index contributed by atoms with van der Waals surface area (Å²) in [6, 6.07) is 12.4. The second-order valence-corrected chi connectivity index (χ2v) is 4.79. The average Bonchev–Trinajstić information content (AvgIpc) is 2.82. The predicted molar refractivity (Wildman–Crippen MR) is 73.5 cm³/mol. The van der Waals surface area contributed by atoms with Gasteiger partial charge in [-0.3, -0.25) is 0 Å². The number of para-hydroxylation sites is 2. The number of benzene rings is 2. The van der Waals surface area contributed by atoms with Gasteiger partial charge in [0, 0.05) is 4.47 Å². The smallest absolute Gasteiger partial charge is 0.337 e. The fourth-order valence-corrected chi connectivity index (χ4v) is 2.39. The summed E-state index contributed by atoms with van der Waals surface area (Å²) in [6.45, 7) is 0. The lowest BCUT2D eigenvalue weighted by Gasteiger charge is -2.06. The van der Waals surface area contributed by atoms with Gasteiger partial charge in [-0.15, -0.1) is 5.10 Å². The van der Waals surface area contributed by atoms with Gasteiger partial charge in [-0.25, -0.2) is 9.48 Å².